The number of hydrogen-bond donors (Lipinski definition) is 2. The van der Waals surface area contributed by atoms with Crippen LogP contribution >= 0.6 is 15.9 Å². The normalized spacial score (nSPS) is 11.8. The fourth-order valence-electron chi connectivity index (χ4n) is 2.41. The Morgan fingerprint density at radius 1 is 1.04 bits per heavy atom. The van der Waals surface area contributed by atoms with Crippen LogP contribution in [0.3, 0.4) is 0 Å². The smallest absolute Gasteiger partial charge is 0.225 e. The standard InChI is InChI=1S/C20H22BrN5/c1-3-14(2)24-20-25-18(17-9-4-5-10-22-17)12-19(26-20)23-13-15-7-6-8-16(21)11-15/h4-12,14H,3,13H2,1-2H3,(H2,23,24,25,26)/t14-/m0/s1. The highest BCUT2D eigenvalue weighted by molar-refractivity contribution is 9.10. The van der Waals surface area contributed by atoms with Crippen molar-refractivity contribution in [1.29, 1.82) is 0 Å². The van der Waals surface area contributed by atoms with Gasteiger partial charge in [0.05, 0.1) is 11.4 Å². The molecule has 1 aromatic carbocycles. The van der Waals surface area contributed by atoms with Crippen LogP contribution in [0.1, 0.15) is 25.8 Å². The molecule has 1 atom stereocenters. The van der Waals surface area contributed by atoms with E-state index in [2.05, 4.69) is 67.5 Å². The molecule has 2 heterocycles. The number of rotatable bonds is 7. The molecule has 26 heavy (non-hydrogen) atoms. The Kier molecular flexibility index (Phi) is 6.17. The summed E-state index contributed by atoms with van der Waals surface area (Å²) >= 11 is 3.51. The van der Waals surface area contributed by atoms with Crippen LogP contribution in [-0.2, 0) is 6.54 Å². The van der Waals surface area contributed by atoms with Crippen LogP contribution in [0.25, 0.3) is 11.4 Å². The molecule has 3 rings (SSSR count). The lowest BCUT2D eigenvalue weighted by Crippen LogP contribution is -2.16. The van der Waals surface area contributed by atoms with Gasteiger partial charge in [0.15, 0.2) is 0 Å². The maximum Gasteiger partial charge on any atom is 0.225 e. The fraction of sp³-hybridized carbons (Fsp3) is 0.250. The fourth-order valence-corrected chi connectivity index (χ4v) is 2.86. The Labute approximate surface area is 162 Å². The Balaban J connectivity index is 1.86. The van der Waals surface area contributed by atoms with Crippen molar-refractivity contribution in [3.8, 4) is 11.4 Å². The minimum atomic E-state index is 0.298. The molecule has 0 saturated carbocycles. The monoisotopic (exact) mass is 411 g/mol. The van der Waals surface area contributed by atoms with E-state index in [4.69, 9.17) is 0 Å². The molecule has 0 bridgehead atoms. The molecule has 0 amide bonds. The maximum absolute atomic E-state index is 4.63. The first-order chi connectivity index (χ1) is 12.6. The third-order valence-corrected chi connectivity index (χ3v) is 4.50. The Hall–Kier alpha value is -2.47. The summed E-state index contributed by atoms with van der Waals surface area (Å²) < 4.78 is 1.06. The van der Waals surface area contributed by atoms with Gasteiger partial charge in [0.1, 0.15) is 5.82 Å². The van der Waals surface area contributed by atoms with Gasteiger partial charge in [-0.05, 0) is 43.2 Å². The van der Waals surface area contributed by atoms with E-state index in [1.807, 2.05) is 36.4 Å². The van der Waals surface area contributed by atoms with Crippen LogP contribution in [0.15, 0.2) is 59.2 Å². The van der Waals surface area contributed by atoms with Gasteiger partial charge in [-0.1, -0.05) is 41.1 Å². The van der Waals surface area contributed by atoms with Crippen molar-refractivity contribution in [2.24, 2.45) is 0 Å². The number of pyridine rings is 1. The molecule has 0 saturated heterocycles. The summed E-state index contributed by atoms with van der Waals surface area (Å²) in [6.07, 6.45) is 2.77. The Morgan fingerprint density at radius 2 is 1.92 bits per heavy atom. The first-order valence-electron chi connectivity index (χ1n) is 8.69. The van der Waals surface area contributed by atoms with E-state index in [0.29, 0.717) is 18.5 Å². The Morgan fingerprint density at radius 3 is 2.65 bits per heavy atom. The SMILES string of the molecule is CC[C@H](C)Nc1nc(NCc2cccc(Br)c2)cc(-c2ccccn2)n1. The van der Waals surface area contributed by atoms with E-state index in [0.717, 1.165) is 28.1 Å². The van der Waals surface area contributed by atoms with Crippen molar-refractivity contribution in [3.05, 3.63) is 64.8 Å². The lowest BCUT2D eigenvalue weighted by Gasteiger charge is -2.14. The summed E-state index contributed by atoms with van der Waals surface area (Å²) in [5.41, 5.74) is 2.80. The number of nitrogens with zero attached hydrogens (tertiary/aromatic N) is 3. The highest BCUT2D eigenvalue weighted by atomic mass is 79.9. The molecule has 0 unspecified atom stereocenters. The molecule has 0 aliphatic heterocycles. The van der Waals surface area contributed by atoms with Crippen LogP contribution in [0.2, 0.25) is 0 Å². The van der Waals surface area contributed by atoms with Crippen LogP contribution < -0.4 is 10.6 Å². The predicted octanol–water partition coefficient (Wildman–Crippen LogP) is 5.12. The highest BCUT2D eigenvalue weighted by Gasteiger charge is 2.09. The number of aromatic nitrogens is 3. The van der Waals surface area contributed by atoms with Gasteiger partial charge >= 0.3 is 0 Å². The molecule has 2 aromatic heterocycles. The van der Waals surface area contributed by atoms with Crippen molar-refractivity contribution >= 4 is 27.7 Å². The van der Waals surface area contributed by atoms with Crippen molar-refractivity contribution < 1.29 is 0 Å². The molecule has 134 valence electrons. The van der Waals surface area contributed by atoms with E-state index >= 15 is 0 Å². The molecule has 0 aliphatic carbocycles. The van der Waals surface area contributed by atoms with E-state index in [1.54, 1.807) is 6.20 Å². The van der Waals surface area contributed by atoms with Gasteiger partial charge in [0.2, 0.25) is 5.95 Å². The van der Waals surface area contributed by atoms with Gasteiger partial charge in [-0.3, -0.25) is 4.98 Å². The predicted molar refractivity (Wildman–Crippen MR) is 110 cm³/mol. The van der Waals surface area contributed by atoms with Gasteiger partial charge in [0.25, 0.3) is 0 Å². The molecule has 5 nitrogen and oxygen atoms in total. The zero-order chi connectivity index (χ0) is 18.4. The van der Waals surface area contributed by atoms with Crippen LogP contribution in [-0.4, -0.2) is 21.0 Å². The lowest BCUT2D eigenvalue weighted by atomic mass is 10.2. The summed E-state index contributed by atoms with van der Waals surface area (Å²) in [4.78, 5) is 13.6. The molecule has 3 aromatic rings. The second-order valence-electron chi connectivity index (χ2n) is 6.11. The lowest BCUT2D eigenvalue weighted by molar-refractivity contribution is 0.753. The number of halogens is 1. The molecule has 0 aliphatic rings. The second kappa shape index (κ2) is 8.76. The quantitative estimate of drug-likeness (QED) is 0.564. The second-order valence-corrected chi connectivity index (χ2v) is 7.03. The summed E-state index contributed by atoms with van der Waals surface area (Å²) in [6, 6.07) is 16.2. The van der Waals surface area contributed by atoms with Crippen LogP contribution in [0, 0.1) is 0 Å². The third kappa shape index (κ3) is 5.02. The van der Waals surface area contributed by atoms with E-state index in [-0.39, 0.29) is 0 Å². The summed E-state index contributed by atoms with van der Waals surface area (Å²) in [7, 11) is 0. The average Bonchev–Trinajstić information content (AvgIpc) is 2.67. The van der Waals surface area contributed by atoms with Gasteiger partial charge < -0.3 is 10.6 Å². The maximum atomic E-state index is 4.63. The van der Waals surface area contributed by atoms with Crippen molar-refractivity contribution in [2.75, 3.05) is 10.6 Å². The van der Waals surface area contributed by atoms with Crippen LogP contribution in [0.5, 0.6) is 0 Å². The molecule has 0 spiro atoms. The summed E-state index contributed by atoms with van der Waals surface area (Å²) in [6.45, 7) is 4.93. The number of anilines is 2. The van der Waals surface area contributed by atoms with Crippen molar-refractivity contribution in [1.82, 2.24) is 15.0 Å². The average molecular weight is 412 g/mol. The zero-order valence-electron chi connectivity index (χ0n) is 14.9. The molecular weight excluding hydrogens is 390 g/mol. The Bertz CT molecular complexity index is 854. The minimum Gasteiger partial charge on any atom is -0.366 e. The van der Waals surface area contributed by atoms with Crippen molar-refractivity contribution in [3.63, 3.8) is 0 Å². The minimum absolute atomic E-state index is 0.298. The largest absolute Gasteiger partial charge is 0.366 e. The molecule has 0 fully saturated rings. The molecule has 0 radical (unpaired) electrons. The number of nitrogens with one attached hydrogen (secondary N) is 2. The van der Waals surface area contributed by atoms with Crippen LogP contribution in [0.4, 0.5) is 11.8 Å². The van der Waals surface area contributed by atoms with Crippen molar-refractivity contribution in [2.45, 2.75) is 32.9 Å². The third-order valence-electron chi connectivity index (χ3n) is 4.00. The van der Waals surface area contributed by atoms with E-state index in [9.17, 15) is 0 Å². The van der Waals surface area contributed by atoms with Gasteiger partial charge in [-0.15, -0.1) is 0 Å². The first kappa shape index (κ1) is 18.3. The topological polar surface area (TPSA) is 62.7 Å². The number of hydrogen-bond acceptors (Lipinski definition) is 5. The highest BCUT2D eigenvalue weighted by Crippen LogP contribution is 2.21. The van der Waals surface area contributed by atoms with E-state index < -0.39 is 0 Å². The molecule has 6 heteroatoms. The number of benzene rings is 1. The van der Waals surface area contributed by atoms with E-state index in [1.165, 1.54) is 5.56 Å². The molecular formula is C20H22BrN5. The summed E-state index contributed by atoms with van der Waals surface area (Å²) in [5.74, 6) is 1.38. The first-order valence-corrected chi connectivity index (χ1v) is 9.48. The van der Waals surface area contributed by atoms with Gasteiger partial charge in [0, 0.05) is 29.3 Å². The van der Waals surface area contributed by atoms with Gasteiger partial charge in [-0.25, -0.2) is 4.98 Å². The zero-order valence-corrected chi connectivity index (χ0v) is 16.5. The summed E-state index contributed by atoms with van der Waals surface area (Å²) in [5, 5.41) is 6.74. The van der Waals surface area contributed by atoms with Gasteiger partial charge in [-0.2, -0.15) is 4.98 Å². The molecule has 2 N–H and O–H groups in total.